The van der Waals surface area contributed by atoms with E-state index < -0.39 is 0 Å². The fraction of sp³-hybridized carbons (Fsp3) is 0.250. The highest BCUT2D eigenvalue weighted by atomic mass is 79.9. The zero-order valence-corrected chi connectivity index (χ0v) is 14.4. The van der Waals surface area contributed by atoms with Crippen LogP contribution in [0.25, 0.3) is 0 Å². The molecule has 3 nitrogen and oxygen atoms in total. The normalized spacial score (nSPS) is 12.0. The molecule has 2 aromatic rings. The molecule has 0 aliphatic carbocycles. The number of thioether (sulfide) groups is 1. The molecule has 0 radical (unpaired) electrons. The number of aryl methyl sites for hydroxylation is 1. The Balaban J connectivity index is 1.86. The van der Waals surface area contributed by atoms with E-state index in [2.05, 4.69) is 38.4 Å². The number of pyridine rings is 1. The highest BCUT2D eigenvalue weighted by molar-refractivity contribution is 9.10. The van der Waals surface area contributed by atoms with Crippen molar-refractivity contribution in [3.05, 3.63) is 58.2 Å². The van der Waals surface area contributed by atoms with Crippen LogP contribution in [0.2, 0.25) is 0 Å². The molecule has 1 heterocycles. The molecule has 0 bridgehead atoms. The molecule has 0 saturated carbocycles. The van der Waals surface area contributed by atoms with Crippen LogP contribution in [0.5, 0.6) is 0 Å². The zero-order valence-electron chi connectivity index (χ0n) is 12.0. The van der Waals surface area contributed by atoms with Crippen molar-refractivity contribution in [1.82, 2.24) is 4.98 Å². The van der Waals surface area contributed by atoms with Gasteiger partial charge in [0.2, 0.25) is 5.91 Å². The number of anilines is 1. The summed E-state index contributed by atoms with van der Waals surface area (Å²) in [6, 6.07) is 11.9. The Morgan fingerprint density at radius 2 is 2.05 bits per heavy atom. The fourth-order valence-corrected chi connectivity index (χ4v) is 2.82. The van der Waals surface area contributed by atoms with Crippen molar-refractivity contribution < 1.29 is 4.79 Å². The quantitative estimate of drug-likeness (QED) is 0.853. The third kappa shape index (κ3) is 5.17. The minimum absolute atomic E-state index is 0.0183. The standard InChI is InChI=1S/C16H17BrN2OS/c1-11-7-8-18-15(9-11)19-16(20)12(2)21-10-13-3-5-14(17)6-4-13/h3-9,12H,10H2,1-2H3,(H,18,19,20). The van der Waals surface area contributed by atoms with Gasteiger partial charge in [-0.05, 0) is 49.2 Å². The van der Waals surface area contributed by atoms with Crippen molar-refractivity contribution in [2.75, 3.05) is 5.32 Å². The number of carbonyl (C=O) groups excluding carboxylic acids is 1. The molecule has 2 rings (SSSR count). The number of nitrogens with zero attached hydrogens (tertiary/aromatic N) is 1. The molecule has 0 spiro atoms. The number of rotatable bonds is 5. The van der Waals surface area contributed by atoms with Gasteiger partial charge < -0.3 is 5.32 Å². The molecule has 1 aromatic heterocycles. The van der Waals surface area contributed by atoms with Crippen molar-refractivity contribution >= 4 is 39.4 Å². The van der Waals surface area contributed by atoms with Crippen molar-refractivity contribution in [3.63, 3.8) is 0 Å². The first-order valence-corrected chi connectivity index (χ1v) is 8.48. The van der Waals surface area contributed by atoms with Crippen LogP contribution < -0.4 is 5.32 Å². The minimum atomic E-state index is -0.129. The smallest absolute Gasteiger partial charge is 0.238 e. The van der Waals surface area contributed by atoms with Crippen LogP contribution >= 0.6 is 27.7 Å². The van der Waals surface area contributed by atoms with Crippen LogP contribution in [0.1, 0.15) is 18.1 Å². The van der Waals surface area contributed by atoms with E-state index in [1.54, 1.807) is 18.0 Å². The van der Waals surface area contributed by atoms with Crippen LogP contribution in [-0.4, -0.2) is 16.1 Å². The maximum absolute atomic E-state index is 12.1. The summed E-state index contributed by atoms with van der Waals surface area (Å²) in [5, 5.41) is 2.72. The van der Waals surface area contributed by atoms with E-state index in [0.29, 0.717) is 5.82 Å². The molecule has 110 valence electrons. The maximum Gasteiger partial charge on any atom is 0.238 e. The monoisotopic (exact) mass is 364 g/mol. The zero-order chi connectivity index (χ0) is 15.2. The molecule has 1 amide bonds. The van der Waals surface area contributed by atoms with E-state index in [1.165, 1.54) is 5.56 Å². The fourth-order valence-electron chi connectivity index (χ4n) is 1.71. The van der Waals surface area contributed by atoms with E-state index in [0.717, 1.165) is 15.8 Å². The van der Waals surface area contributed by atoms with E-state index in [4.69, 9.17) is 0 Å². The van der Waals surface area contributed by atoms with Gasteiger partial charge in [0.15, 0.2) is 0 Å². The van der Waals surface area contributed by atoms with Gasteiger partial charge in [-0.3, -0.25) is 4.79 Å². The Morgan fingerprint density at radius 3 is 2.71 bits per heavy atom. The van der Waals surface area contributed by atoms with E-state index in [9.17, 15) is 4.79 Å². The van der Waals surface area contributed by atoms with Crippen LogP contribution in [0.15, 0.2) is 47.1 Å². The lowest BCUT2D eigenvalue weighted by Gasteiger charge is -2.12. The number of hydrogen-bond donors (Lipinski definition) is 1. The predicted octanol–water partition coefficient (Wildman–Crippen LogP) is 4.41. The van der Waals surface area contributed by atoms with Gasteiger partial charge in [0.05, 0.1) is 5.25 Å². The summed E-state index contributed by atoms with van der Waals surface area (Å²) in [5.74, 6) is 1.40. The minimum Gasteiger partial charge on any atom is -0.310 e. The van der Waals surface area contributed by atoms with Crippen LogP contribution in [0.3, 0.4) is 0 Å². The first kappa shape index (κ1) is 16.0. The van der Waals surface area contributed by atoms with Gasteiger partial charge in [0.25, 0.3) is 0 Å². The molecule has 1 aromatic carbocycles. The number of halogens is 1. The summed E-state index contributed by atoms with van der Waals surface area (Å²) in [6.07, 6.45) is 1.70. The lowest BCUT2D eigenvalue weighted by atomic mass is 10.2. The first-order valence-electron chi connectivity index (χ1n) is 6.64. The number of aromatic nitrogens is 1. The lowest BCUT2D eigenvalue weighted by molar-refractivity contribution is -0.115. The summed E-state index contributed by atoms with van der Waals surface area (Å²) < 4.78 is 1.06. The molecule has 0 saturated heterocycles. The van der Waals surface area contributed by atoms with Gasteiger partial charge in [-0.1, -0.05) is 28.1 Å². The number of hydrogen-bond acceptors (Lipinski definition) is 3. The summed E-state index contributed by atoms with van der Waals surface area (Å²) in [4.78, 5) is 16.3. The second-order valence-electron chi connectivity index (χ2n) is 4.79. The van der Waals surface area contributed by atoms with Gasteiger partial charge in [0.1, 0.15) is 5.82 Å². The van der Waals surface area contributed by atoms with E-state index in [1.807, 2.05) is 38.1 Å². The van der Waals surface area contributed by atoms with Crippen molar-refractivity contribution in [2.24, 2.45) is 0 Å². The predicted molar refractivity (Wildman–Crippen MR) is 92.5 cm³/mol. The van der Waals surface area contributed by atoms with Gasteiger partial charge in [-0.25, -0.2) is 4.98 Å². The summed E-state index contributed by atoms with van der Waals surface area (Å²) in [5.41, 5.74) is 2.28. The molecule has 21 heavy (non-hydrogen) atoms. The Hall–Kier alpha value is -1.33. The topological polar surface area (TPSA) is 42.0 Å². The number of amides is 1. The second kappa shape index (κ2) is 7.61. The molecule has 5 heteroatoms. The number of benzene rings is 1. The molecule has 1 atom stereocenters. The van der Waals surface area contributed by atoms with Crippen LogP contribution in [0, 0.1) is 6.92 Å². The molecular weight excluding hydrogens is 348 g/mol. The molecular formula is C16H17BrN2OS. The Bertz CT molecular complexity index is 616. The van der Waals surface area contributed by atoms with Crippen LogP contribution in [-0.2, 0) is 10.5 Å². The SMILES string of the molecule is Cc1ccnc(NC(=O)C(C)SCc2ccc(Br)cc2)c1. The Morgan fingerprint density at radius 1 is 1.33 bits per heavy atom. The van der Waals surface area contributed by atoms with Gasteiger partial charge in [0, 0.05) is 16.4 Å². The van der Waals surface area contributed by atoms with E-state index >= 15 is 0 Å². The summed E-state index contributed by atoms with van der Waals surface area (Å²) >= 11 is 5.03. The summed E-state index contributed by atoms with van der Waals surface area (Å²) in [7, 11) is 0. The van der Waals surface area contributed by atoms with E-state index in [-0.39, 0.29) is 11.2 Å². The summed E-state index contributed by atoms with van der Waals surface area (Å²) in [6.45, 7) is 3.89. The third-order valence-corrected chi connectivity index (χ3v) is 4.69. The molecule has 0 fully saturated rings. The highest BCUT2D eigenvalue weighted by Crippen LogP contribution is 2.20. The van der Waals surface area contributed by atoms with Crippen LogP contribution in [0.4, 0.5) is 5.82 Å². The van der Waals surface area contributed by atoms with Crippen molar-refractivity contribution in [1.29, 1.82) is 0 Å². The van der Waals surface area contributed by atoms with Crippen molar-refractivity contribution in [3.8, 4) is 0 Å². The first-order chi connectivity index (χ1) is 10.0. The average molecular weight is 365 g/mol. The van der Waals surface area contributed by atoms with Gasteiger partial charge in [-0.15, -0.1) is 11.8 Å². The van der Waals surface area contributed by atoms with Crippen molar-refractivity contribution in [2.45, 2.75) is 24.9 Å². The lowest BCUT2D eigenvalue weighted by Crippen LogP contribution is -2.23. The molecule has 1 unspecified atom stereocenters. The second-order valence-corrected chi connectivity index (χ2v) is 7.03. The Labute approximate surface area is 137 Å². The Kier molecular flexibility index (Phi) is 5.82. The highest BCUT2D eigenvalue weighted by Gasteiger charge is 2.14. The number of carbonyl (C=O) groups is 1. The number of nitrogens with one attached hydrogen (secondary N) is 1. The average Bonchev–Trinajstić information content (AvgIpc) is 2.46. The third-order valence-electron chi connectivity index (χ3n) is 2.95. The largest absolute Gasteiger partial charge is 0.310 e. The molecule has 0 aliphatic heterocycles. The molecule has 1 N–H and O–H groups in total. The van der Waals surface area contributed by atoms with Gasteiger partial charge >= 0.3 is 0 Å². The molecule has 0 aliphatic rings. The van der Waals surface area contributed by atoms with Gasteiger partial charge in [-0.2, -0.15) is 0 Å². The maximum atomic E-state index is 12.1.